The normalized spacial score (nSPS) is 12.4. The number of aromatic nitrogens is 2. The third kappa shape index (κ3) is 3.35. The van der Waals surface area contributed by atoms with E-state index >= 15 is 0 Å². The van der Waals surface area contributed by atoms with Crippen molar-refractivity contribution in [3.05, 3.63) is 41.7 Å². The second kappa shape index (κ2) is 6.81. The van der Waals surface area contributed by atoms with Crippen molar-refractivity contribution in [1.29, 1.82) is 0 Å². The first-order valence-corrected chi connectivity index (χ1v) is 7.61. The van der Waals surface area contributed by atoms with Crippen LogP contribution in [0.2, 0.25) is 0 Å². The highest BCUT2D eigenvalue weighted by Gasteiger charge is 2.19. The van der Waals surface area contributed by atoms with E-state index in [9.17, 15) is 5.11 Å². The molecule has 1 heterocycles. The Bertz CT molecular complexity index is 547. The van der Waals surface area contributed by atoms with Gasteiger partial charge in [-0.1, -0.05) is 17.7 Å². The lowest BCUT2D eigenvalue weighted by molar-refractivity contribution is 0.187. The maximum absolute atomic E-state index is 10.4. The second-order valence-corrected chi connectivity index (χ2v) is 5.65. The monoisotopic (exact) mass is 292 g/mol. The first kappa shape index (κ1) is 14.9. The average Bonchev–Trinajstić information content (AvgIpc) is 2.88. The molecule has 2 rings (SSSR count). The van der Waals surface area contributed by atoms with Gasteiger partial charge in [-0.2, -0.15) is 5.10 Å². The quantitative estimate of drug-likeness (QED) is 0.831. The Balaban J connectivity index is 2.08. The molecule has 0 amide bonds. The molecule has 0 bridgehead atoms. The number of aliphatic hydroxyl groups excluding tert-OH is 1. The molecule has 0 spiro atoms. The fourth-order valence-corrected chi connectivity index (χ4v) is 3.03. The lowest BCUT2D eigenvalue weighted by Gasteiger charge is -2.14. The molecule has 0 radical (unpaired) electrons. The van der Waals surface area contributed by atoms with Gasteiger partial charge in [0.15, 0.2) is 5.75 Å². The first-order chi connectivity index (χ1) is 9.65. The minimum absolute atomic E-state index is 0.575. The predicted molar refractivity (Wildman–Crippen MR) is 81.3 cm³/mol. The fraction of sp³-hybridized carbons (Fsp3) is 0.400. The predicted octanol–water partition coefficient (Wildman–Crippen LogP) is 3.05. The van der Waals surface area contributed by atoms with Crippen LogP contribution < -0.4 is 4.74 Å². The van der Waals surface area contributed by atoms with E-state index in [1.807, 2.05) is 13.0 Å². The smallest absolute Gasteiger partial charge is 0.162 e. The van der Waals surface area contributed by atoms with Crippen LogP contribution in [0.1, 0.15) is 24.3 Å². The van der Waals surface area contributed by atoms with Crippen LogP contribution in [0.4, 0.5) is 0 Å². The molecule has 0 aliphatic carbocycles. The van der Waals surface area contributed by atoms with E-state index in [4.69, 9.17) is 4.74 Å². The highest BCUT2D eigenvalue weighted by molar-refractivity contribution is 7.99. The van der Waals surface area contributed by atoms with E-state index in [2.05, 4.69) is 30.2 Å². The summed E-state index contributed by atoms with van der Waals surface area (Å²) in [7, 11) is 1.60. The maximum atomic E-state index is 10.4. The molecule has 2 aromatic rings. The van der Waals surface area contributed by atoms with Gasteiger partial charge in [0.2, 0.25) is 0 Å². The Labute approximate surface area is 123 Å². The molecule has 5 heteroatoms. The zero-order valence-electron chi connectivity index (χ0n) is 12.0. The molecule has 1 aromatic heterocycles. The standard InChI is InChI=1S/C15H20N2O2S/c1-4-17-15(14(19-3)9-16-17)13(18)10-20-12-7-5-6-11(2)8-12/h5-9,13,18H,4,10H2,1-3H3. The Morgan fingerprint density at radius 2 is 2.25 bits per heavy atom. The molecule has 0 fully saturated rings. The zero-order valence-corrected chi connectivity index (χ0v) is 12.9. The molecule has 0 saturated carbocycles. The van der Waals surface area contributed by atoms with Crippen molar-refractivity contribution in [2.24, 2.45) is 0 Å². The number of aliphatic hydroxyl groups is 1. The van der Waals surface area contributed by atoms with Crippen molar-refractivity contribution in [1.82, 2.24) is 9.78 Å². The molecule has 1 aromatic carbocycles. The number of aryl methyl sites for hydroxylation is 2. The number of hydrogen-bond donors (Lipinski definition) is 1. The van der Waals surface area contributed by atoms with Crippen LogP contribution in [-0.2, 0) is 6.54 Å². The third-order valence-electron chi connectivity index (χ3n) is 3.08. The number of nitrogens with zero attached hydrogens (tertiary/aromatic N) is 2. The van der Waals surface area contributed by atoms with Gasteiger partial charge in [-0.25, -0.2) is 0 Å². The topological polar surface area (TPSA) is 47.3 Å². The zero-order chi connectivity index (χ0) is 14.5. The van der Waals surface area contributed by atoms with Crippen molar-refractivity contribution in [2.75, 3.05) is 12.9 Å². The van der Waals surface area contributed by atoms with Crippen molar-refractivity contribution in [2.45, 2.75) is 31.4 Å². The number of methoxy groups -OCH3 is 1. The molecule has 0 aliphatic rings. The summed E-state index contributed by atoms with van der Waals surface area (Å²) in [5.74, 6) is 1.22. The molecule has 1 unspecified atom stereocenters. The van der Waals surface area contributed by atoms with Gasteiger partial charge in [0.05, 0.1) is 13.3 Å². The lowest BCUT2D eigenvalue weighted by Crippen LogP contribution is -2.11. The van der Waals surface area contributed by atoms with Crippen LogP contribution in [0.15, 0.2) is 35.4 Å². The molecule has 4 nitrogen and oxygen atoms in total. The maximum Gasteiger partial charge on any atom is 0.162 e. The van der Waals surface area contributed by atoms with Crippen molar-refractivity contribution >= 4 is 11.8 Å². The van der Waals surface area contributed by atoms with Crippen molar-refractivity contribution in [3.63, 3.8) is 0 Å². The summed E-state index contributed by atoms with van der Waals surface area (Å²) in [5, 5.41) is 14.6. The number of benzene rings is 1. The van der Waals surface area contributed by atoms with E-state index in [0.717, 1.165) is 10.6 Å². The van der Waals surface area contributed by atoms with Gasteiger partial charge < -0.3 is 9.84 Å². The van der Waals surface area contributed by atoms with Gasteiger partial charge >= 0.3 is 0 Å². The van der Waals surface area contributed by atoms with Gasteiger partial charge in [-0.15, -0.1) is 11.8 Å². The van der Waals surface area contributed by atoms with Crippen LogP contribution in [0.3, 0.4) is 0 Å². The largest absolute Gasteiger partial charge is 0.493 e. The molecule has 0 saturated heterocycles. The number of ether oxygens (including phenoxy) is 1. The van der Waals surface area contributed by atoms with Gasteiger partial charge in [0.1, 0.15) is 11.8 Å². The van der Waals surface area contributed by atoms with E-state index in [1.165, 1.54) is 5.56 Å². The van der Waals surface area contributed by atoms with Crippen LogP contribution in [0.5, 0.6) is 5.75 Å². The summed E-state index contributed by atoms with van der Waals surface area (Å²) >= 11 is 1.63. The fourth-order valence-electron chi connectivity index (χ4n) is 2.08. The molecule has 0 aliphatic heterocycles. The molecule has 1 atom stereocenters. The molecule has 1 N–H and O–H groups in total. The number of rotatable bonds is 6. The van der Waals surface area contributed by atoms with E-state index in [0.29, 0.717) is 18.0 Å². The lowest BCUT2D eigenvalue weighted by atomic mass is 10.2. The Hall–Kier alpha value is -1.46. The Morgan fingerprint density at radius 3 is 2.90 bits per heavy atom. The van der Waals surface area contributed by atoms with Gasteiger partial charge in [-0.05, 0) is 26.0 Å². The highest BCUT2D eigenvalue weighted by atomic mass is 32.2. The van der Waals surface area contributed by atoms with Crippen LogP contribution in [0, 0.1) is 6.92 Å². The molecule has 108 valence electrons. The van der Waals surface area contributed by atoms with Crippen LogP contribution >= 0.6 is 11.8 Å². The minimum Gasteiger partial charge on any atom is -0.493 e. The van der Waals surface area contributed by atoms with E-state index in [-0.39, 0.29) is 0 Å². The summed E-state index contributed by atoms with van der Waals surface area (Å²) in [6.07, 6.45) is 1.05. The second-order valence-electron chi connectivity index (χ2n) is 4.56. The number of hydrogen-bond acceptors (Lipinski definition) is 4. The number of thioether (sulfide) groups is 1. The SMILES string of the molecule is CCn1ncc(OC)c1C(O)CSc1cccc(C)c1. The molecular weight excluding hydrogens is 272 g/mol. The van der Waals surface area contributed by atoms with Gasteiger partial charge in [-0.3, -0.25) is 4.68 Å². The van der Waals surface area contributed by atoms with Crippen molar-refractivity contribution < 1.29 is 9.84 Å². The van der Waals surface area contributed by atoms with Crippen LogP contribution in [-0.4, -0.2) is 27.7 Å². The van der Waals surface area contributed by atoms with Crippen molar-refractivity contribution in [3.8, 4) is 5.75 Å². The highest BCUT2D eigenvalue weighted by Crippen LogP contribution is 2.30. The van der Waals surface area contributed by atoms with Crippen LogP contribution in [0.25, 0.3) is 0 Å². The summed E-state index contributed by atoms with van der Waals surface area (Å²) in [6, 6.07) is 8.26. The van der Waals surface area contributed by atoms with E-state index in [1.54, 1.807) is 29.8 Å². The first-order valence-electron chi connectivity index (χ1n) is 6.63. The van der Waals surface area contributed by atoms with Gasteiger partial charge in [0, 0.05) is 17.2 Å². The third-order valence-corrected chi connectivity index (χ3v) is 4.15. The summed E-state index contributed by atoms with van der Waals surface area (Å²) in [4.78, 5) is 1.16. The Kier molecular flexibility index (Phi) is 5.09. The molecular formula is C15H20N2O2S. The summed E-state index contributed by atoms with van der Waals surface area (Å²) in [5.41, 5.74) is 1.97. The van der Waals surface area contributed by atoms with E-state index < -0.39 is 6.10 Å². The van der Waals surface area contributed by atoms with Gasteiger partial charge in [0.25, 0.3) is 0 Å². The summed E-state index contributed by atoms with van der Waals surface area (Å²) in [6.45, 7) is 4.77. The Morgan fingerprint density at radius 1 is 1.45 bits per heavy atom. The molecule has 20 heavy (non-hydrogen) atoms. The summed E-state index contributed by atoms with van der Waals surface area (Å²) < 4.78 is 7.05. The average molecular weight is 292 g/mol. The minimum atomic E-state index is -0.599.